The first kappa shape index (κ1) is 14.2. The number of rotatable bonds is 6. The Hall–Kier alpha value is -0.910. The molecule has 0 aliphatic rings. The number of benzene rings is 1. The van der Waals surface area contributed by atoms with Crippen molar-refractivity contribution < 1.29 is 8.42 Å². The number of hydrogen-bond donors (Lipinski definition) is 1. The van der Waals surface area contributed by atoms with Gasteiger partial charge in [0.05, 0.1) is 5.75 Å². The highest BCUT2D eigenvalue weighted by Crippen LogP contribution is 2.11. The van der Waals surface area contributed by atoms with E-state index in [0.717, 1.165) is 11.1 Å². The first-order valence-corrected chi connectivity index (χ1v) is 7.40. The van der Waals surface area contributed by atoms with Crippen molar-refractivity contribution in [2.45, 2.75) is 26.1 Å². The SMILES string of the molecule is CCN(CC)S(=O)(=O)Cc1ccc(CN)cc1. The third kappa shape index (κ3) is 3.80. The van der Waals surface area contributed by atoms with Gasteiger partial charge in [-0.3, -0.25) is 0 Å². The first-order valence-electron chi connectivity index (χ1n) is 5.79. The van der Waals surface area contributed by atoms with Crippen LogP contribution in [0, 0.1) is 0 Å². The highest BCUT2D eigenvalue weighted by Gasteiger charge is 2.18. The van der Waals surface area contributed by atoms with Crippen LogP contribution in [0.3, 0.4) is 0 Å². The zero-order valence-electron chi connectivity index (χ0n) is 10.4. The molecule has 0 spiro atoms. The summed E-state index contributed by atoms with van der Waals surface area (Å²) >= 11 is 0. The fraction of sp³-hybridized carbons (Fsp3) is 0.500. The van der Waals surface area contributed by atoms with Crippen molar-refractivity contribution in [3.05, 3.63) is 35.4 Å². The van der Waals surface area contributed by atoms with Gasteiger partial charge in [-0.25, -0.2) is 12.7 Å². The summed E-state index contributed by atoms with van der Waals surface area (Å²) in [6.45, 7) is 5.19. The van der Waals surface area contributed by atoms with E-state index in [2.05, 4.69) is 0 Å². The second-order valence-corrected chi connectivity index (χ2v) is 5.83. The molecule has 1 aromatic carbocycles. The van der Waals surface area contributed by atoms with Crippen LogP contribution >= 0.6 is 0 Å². The number of nitrogens with zero attached hydrogens (tertiary/aromatic N) is 1. The number of sulfonamides is 1. The molecule has 0 bridgehead atoms. The lowest BCUT2D eigenvalue weighted by molar-refractivity contribution is 0.444. The maximum atomic E-state index is 12.0. The molecule has 0 amide bonds. The lowest BCUT2D eigenvalue weighted by atomic mass is 10.1. The van der Waals surface area contributed by atoms with Gasteiger partial charge in [-0.05, 0) is 11.1 Å². The molecule has 0 aliphatic carbocycles. The molecule has 1 aromatic rings. The van der Waals surface area contributed by atoms with E-state index in [0.29, 0.717) is 19.6 Å². The standard InChI is InChI=1S/C12H20N2O2S/c1-3-14(4-2)17(15,16)10-12-7-5-11(9-13)6-8-12/h5-8H,3-4,9-10,13H2,1-2H3. The minimum absolute atomic E-state index is 0.0551. The molecular formula is C12H20N2O2S. The molecule has 1 rings (SSSR count). The lowest BCUT2D eigenvalue weighted by Gasteiger charge is -2.18. The summed E-state index contributed by atoms with van der Waals surface area (Å²) in [6.07, 6.45) is 0. The van der Waals surface area contributed by atoms with Crippen molar-refractivity contribution in [1.29, 1.82) is 0 Å². The highest BCUT2D eigenvalue weighted by molar-refractivity contribution is 7.88. The Labute approximate surface area is 103 Å². The van der Waals surface area contributed by atoms with E-state index in [1.165, 1.54) is 4.31 Å². The molecular weight excluding hydrogens is 236 g/mol. The molecule has 0 saturated carbocycles. The van der Waals surface area contributed by atoms with Crippen molar-refractivity contribution in [2.75, 3.05) is 13.1 Å². The Bertz CT molecular complexity index is 436. The van der Waals surface area contributed by atoms with Crippen LogP contribution in [0.1, 0.15) is 25.0 Å². The predicted octanol–water partition coefficient (Wildman–Crippen LogP) is 1.32. The summed E-state index contributed by atoms with van der Waals surface area (Å²) in [7, 11) is -3.19. The number of nitrogens with two attached hydrogens (primary N) is 1. The van der Waals surface area contributed by atoms with Crippen LogP contribution in [0.5, 0.6) is 0 Å². The molecule has 0 atom stereocenters. The van der Waals surface area contributed by atoms with E-state index in [1.807, 2.05) is 38.1 Å². The zero-order valence-corrected chi connectivity index (χ0v) is 11.2. The Morgan fingerprint density at radius 1 is 1.06 bits per heavy atom. The van der Waals surface area contributed by atoms with Gasteiger partial charge in [-0.1, -0.05) is 38.1 Å². The summed E-state index contributed by atoms with van der Waals surface area (Å²) in [5.41, 5.74) is 7.30. The van der Waals surface area contributed by atoms with Gasteiger partial charge in [-0.15, -0.1) is 0 Å². The van der Waals surface area contributed by atoms with E-state index >= 15 is 0 Å². The van der Waals surface area contributed by atoms with Gasteiger partial charge < -0.3 is 5.73 Å². The Kier molecular flexibility index (Phi) is 5.11. The van der Waals surface area contributed by atoms with Crippen LogP contribution in [0.25, 0.3) is 0 Å². The molecule has 0 unspecified atom stereocenters. The smallest absolute Gasteiger partial charge is 0.218 e. The van der Waals surface area contributed by atoms with Gasteiger partial charge in [0.1, 0.15) is 0 Å². The van der Waals surface area contributed by atoms with Crippen LogP contribution in [0.4, 0.5) is 0 Å². The van der Waals surface area contributed by atoms with E-state index in [9.17, 15) is 8.42 Å². The summed E-state index contributed by atoms with van der Waals surface area (Å²) in [5, 5.41) is 0. The highest BCUT2D eigenvalue weighted by atomic mass is 32.2. The molecule has 96 valence electrons. The van der Waals surface area contributed by atoms with Gasteiger partial charge in [0.25, 0.3) is 0 Å². The van der Waals surface area contributed by atoms with Gasteiger partial charge in [0.2, 0.25) is 10.0 Å². The first-order chi connectivity index (χ1) is 8.03. The summed E-state index contributed by atoms with van der Waals surface area (Å²) < 4.78 is 25.5. The second-order valence-electron chi connectivity index (χ2n) is 3.86. The average molecular weight is 256 g/mol. The monoisotopic (exact) mass is 256 g/mol. The van der Waals surface area contributed by atoms with Crippen molar-refractivity contribution in [3.8, 4) is 0 Å². The van der Waals surface area contributed by atoms with E-state index in [-0.39, 0.29) is 5.75 Å². The second kappa shape index (κ2) is 6.14. The van der Waals surface area contributed by atoms with Crippen LogP contribution in [0.2, 0.25) is 0 Å². The summed E-state index contributed by atoms with van der Waals surface area (Å²) in [5.74, 6) is 0.0551. The molecule has 0 fully saturated rings. The Morgan fingerprint density at radius 3 is 1.94 bits per heavy atom. The molecule has 0 heterocycles. The third-order valence-electron chi connectivity index (χ3n) is 2.71. The minimum Gasteiger partial charge on any atom is -0.326 e. The van der Waals surface area contributed by atoms with Crippen molar-refractivity contribution in [1.82, 2.24) is 4.31 Å². The fourth-order valence-corrected chi connectivity index (χ4v) is 3.27. The molecule has 2 N–H and O–H groups in total. The van der Waals surface area contributed by atoms with Crippen molar-refractivity contribution >= 4 is 10.0 Å². The Morgan fingerprint density at radius 2 is 1.53 bits per heavy atom. The lowest BCUT2D eigenvalue weighted by Crippen LogP contribution is -2.31. The fourth-order valence-electron chi connectivity index (χ4n) is 1.69. The molecule has 17 heavy (non-hydrogen) atoms. The summed E-state index contributed by atoms with van der Waals surface area (Å²) in [4.78, 5) is 0. The topological polar surface area (TPSA) is 63.4 Å². The predicted molar refractivity (Wildman–Crippen MR) is 69.9 cm³/mol. The molecule has 0 aromatic heterocycles. The molecule has 4 nitrogen and oxygen atoms in total. The normalized spacial score (nSPS) is 12.0. The van der Waals surface area contributed by atoms with Crippen LogP contribution in [0.15, 0.2) is 24.3 Å². The van der Waals surface area contributed by atoms with E-state index in [1.54, 1.807) is 0 Å². The van der Waals surface area contributed by atoms with Gasteiger partial charge in [0.15, 0.2) is 0 Å². The molecule has 0 saturated heterocycles. The molecule has 0 radical (unpaired) electrons. The zero-order chi connectivity index (χ0) is 12.9. The van der Waals surface area contributed by atoms with Crippen LogP contribution < -0.4 is 5.73 Å². The van der Waals surface area contributed by atoms with Crippen molar-refractivity contribution in [2.24, 2.45) is 5.73 Å². The van der Waals surface area contributed by atoms with E-state index < -0.39 is 10.0 Å². The largest absolute Gasteiger partial charge is 0.326 e. The number of hydrogen-bond acceptors (Lipinski definition) is 3. The van der Waals surface area contributed by atoms with Gasteiger partial charge in [-0.2, -0.15) is 0 Å². The van der Waals surface area contributed by atoms with Crippen LogP contribution in [-0.2, 0) is 22.3 Å². The van der Waals surface area contributed by atoms with Gasteiger partial charge >= 0.3 is 0 Å². The minimum atomic E-state index is -3.19. The van der Waals surface area contributed by atoms with Crippen LogP contribution in [-0.4, -0.2) is 25.8 Å². The maximum Gasteiger partial charge on any atom is 0.218 e. The van der Waals surface area contributed by atoms with Crippen molar-refractivity contribution in [3.63, 3.8) is 0 Å². The maximum absolute atomic E-state index is 12.0. The third-order valence-corrected chi connectivity index (χ3v) is 4.71. The van der Waals surface area contributed by atoms with Gasteiger partial charge in [0, 0.05) is 19.6 Å². The Balaban J connectivity index is 2.82. The van der Waals surface area contributed by atoms with E-state index in [4.69, 9.17) is 5.73 Å². The summed E-state index contributed by atoms with van der Waals surface area (Å²) in [6, 6.07) is 7.38. The molecule has 5 heteroatoms. The average Bonchev–Trinajstić information content (AvgIpc) is 2.30. The molecule has 0 aliphatic heterocycles. The quantitative estimate of drug-likeness (QED) is 0.835.